The average Bonchev–Trinajstić information content (AvgIpc) is 2.93. The van der Waals surface area contributed by atoms with Crippen LogP contribution in [0.1, 0.15) is 0 Å². The van der Waals surface area contributed by atoms with Crippen LogP contribution in [0.25, 0.3) is 5.65 Å². The molecule has 2 heterocycles. The first-order valence-corrected chi connectivity index (χ1v) is 6.76. The third kappa shape index (κ3) is 2.94. The lowest BCUT2D eigenvalue weighted by molar-refractivity contribution is 0.209. The molecule has 9 nitrogen and oxygen atoms in total. The van der Waals surface area contributed by atoms with Crippen molar-refractivity contribution >= 4 is 40.8 Å². The second kappa shape index (κ2) is 5.97. The second-order valence-corrected chi connectivity index (χ2v) is 4.80. The highest BCUT2D eigenvalue weighted by molar-refractivity contribution is 6.33. The van der Waals surface area contributed by atoms with Crippen molar-refractivity contribution in [2.45, 2.75) is 0 Å². The Balaban J connectivity index is 2.01. The summed E-state index contributed by atoms with van der Waals surface area (Å²) in [5.74, 6) is 1.06. The summed E-state index contributed by atoms with van der Waals surface area (Å²) in [5.41, 5.74) is 0.914. The van der Waals surface area contributed by atoms with Gasteiger partial charge in [0.15, 0.2) is 5.82 Å². The van der Waals surface area contributed by atoms with Gasteiger partial charge in [-0.15, -0.1) is 10.2 Å². The van der Waals surface area contributed by atoms with Crippen LogP contribution in [-0.2, 0) is 0 Å². The molecule has 1 amide bonds. The van der Waals surface area contributed by atoms with Crippen molar-refractivity contribution in [1.82, 2.24) is 19.6 Å². The average molecular weight is 335 g/mol. The van der Waals surface area contributed by atoms with Crippen molar-refractivity contribution in [2.24, 2.45) is 0 Å². The van der Waals surface area contributed by atoms with Gasteiger partial charge >= 0.3 is 6.09 Å². The molecule has 0 aliphatic carbocycles. The van der Waals surface area contributed by atoms with Crippen LogP contribution in [0.5, 0.6) is 5.75 Å². The molecule has 2 aromatic heterocycles. The summed E-state index contributed by atoms with van der Waals surface area (Å²) in [4.78, 5) is 14.9. The third-order valence-electron chi connectivity index (χ3n) is 2.97. The van der Waals surface area contributed by atoms with Crippen LogP contribution in [0, 0.1) is 0 Å². The molecule has 0 saturated heterocycles. The lowest BCUT2D eigenvalue weighted by atomic mass is 10.3. The van der Waals surface area contributed by atoms with E-state index >= 15 is 0 Å². The number of halogens is 1. The van der Waals surface area contributed by atoms with Gasteiger partial charge in [0.25, 0.3) is 0 Å². The number of carbonyl (C=O) groups is 1. The number of anilines is 3. The van der Waals surface area contributed by atoms with Gasteiger partial charge in [-0.2, -0.15) is 0 Å². The van der Waals surface area contributed by atoms with E-state index in [0.29, 0.717) is 27.9 Å². The fourth-order valence-electron chi connectivity index (χ4n) is 1.95. The number of aromatic nitrogens is 4. The highest BCUT2D eigenvalue weighted by Gasteiger charge is 2.13. The summed E-state index contributed by atoms with van der Waals surface area (Å²) >= 11 is 6.15. The Bertz CT molecular complexity index is 881. The largest absolute Gasteiger partial charge is 0.497 e. The van der Waals surface area contributed by atoms with Gasteiger partial charge in [-0.3, -0.25) is 9.72 Å². The zero-order valence-corrected chi connectivity index (χ0v) is 12.6. The van der Waals surface area contributed by atoms with E-state index in [1.54, 1.807) is 31.5 Å². The number of nitrogens with zero attached hydrogens (tertiary/aromatic N) is 4. The summed E-state index contributed by atoms with van der Waals surface area (Å²) in [7, 11) is 1.55. The monoisotopic (exact) mass is 334 g/mol. The number of methoxy groups -OCH3 is 1. The fourth-order valence-corrected chi connectivity index (χ4v) is 2.11. The number of hydrogen-bond acceptors (Lipinski definition) is 6. The summed E-state index contributed by atoms with van der Waals surface area (Å²) < 4.78 is 6.61. The SMILES string of the molecule is COc1ccc(Cl)c(Nc2nccn3c(NC(=O)O)nnc23)c1. The number of rotatable bonds is 4. The molecule has 23 heavy (non-hydrogen) atoms. The quantitative estimate of drug-likeness (QED) is 0.672. The van der Waals surface area contributed by atoms with E-state index in [4.69, 9.17) is 21.4 Å². The highest BCUT2D eigenvalue weighted by atomic mass is 35.5. The van der Waals surface area contributed by atoms with Crippen LogP contribution in [0.4, 0.5) is 22.2 Å². The minimum Gasteiger partial charge on any atom is -0.497 e. The smallest absolute Gasteiger partial charge is 0.411 e. The molecule has 118 valence electrons. The van der Waals surface area contributed by atoms with Crippen molar-refractivity contribution in [3.8, 4) is 5.75 Å². The van der Waals surface area contributed by atoms with Crippen LogP contribution in [0.3, 0.4) is 0 Å². The molecule has 3 aromatic rings. The Morgan fingerprint density at radius 1 is 1.39 bits per heavy atom. The van der Waals surface area contributed by atoms with Crippen LogP contribution in [0.15, 0.2) is 30.6 Å². The van der Waals surface area contributed by atoms with Crippen molar-refractivity contribution in [3.05, 3.63) is 35.6 Å². The van der Waals surface area contributed by atoms with Crippen molar-refractivity contribution < 1.29 is 14.6 Å². The lowest BCUT2D eigenvalue weighted by Crippen LogP contribution is -2.10. The van der Waals surface area contributed by atoms with E-state index in [9.17, 15) is 4.79 Å². The van der Waals surface area contributed by atoms with Gasteiger partial charge in [-0.25, -0.2) is 9.78 Å². The topological polar surface area (TPSA) is 114 Å². The molecular weight excluding hydrogens is 324 g/mol. The van der Waals surface area contributed by atoms with E-state index in [1.165, 1.54) is 10.6 Å². The van der Waals surface area contributed by atoms with E-state index in [2.05, 4.69) is 25.8 Å². The molecule has 0 unspecified atom stereocenters. The molecule has 0 bridgehead atoms. The molecule has 0 aliphatic heterocycles. The number of nitrogens with one attached hydrogen (secondary N) is 2. The maximum atomic E-state index is 10.7. The summed E-state index contributed by atoms with van der Waals surface area (Å²) in [5, 5.41) is 22.2. The summed E-state index contributed by atoms with van der Waals surface area (Å²) in [6.45, 7) is 0. The van der Waals surface area contributed by atoms with Crippen LogP contribution in [0.2, 0.25) is 5.02 Å². The molecule has 0 spiro atoms. The van der Waals surface area contributed by atoms with Crippen molar-refractivity contribution in [3.63, 3.8) is 0 Å². The zero-order chi connectivity index (χ0) is 16.4. The molecule has 0 atom stereocenters. The van der Waals surface area contributed by atoms with E-state index in [-0.39, 0.29) is 5.95 Å². The Morgan fingerprint density at radius 3 is 2.96 bits per heavy atom. The van der Waals surface area contributed by atoms with Crippen molar-refractivity contribution in [1.29, 1.82) is 0 Å². The third-order valence-corrected chi connectivity index (χ3v) is 3.30. The first-order valence-electron chi connectivity index (χ1n) is 6.38. The molecule has 10 heteroatoms. The summed E-state index contributed by atoms with van der Waals surface area (Å²) in [6.07, 6.45) is 1.79. The van der Waals surface area contributed by atoms with Gasteiger partial charge in [0.2, 0.25) is 11.6 Å². The first-order chi connectivity index (χ1) is 11.1. The molecule has 0 radical (unpaired) electrons. The van der Waals surface area contributed by atoms with Gasteiger partial charge in [-0.05, 0) is 12.1 Å². The van der Waals surface area contributed by atoms with Crippen LogP contribution < -0.4 is 15.4 Å². The Morgan fingerprint density at radius 2 is 2.22 bits per heavy atom. The van der Waals surface area contributed by atoms with Gasteiger partial charge < -0.3 is 15.2 Å². The van der Waals surface area contributed by atoms with Gasteiger partial charge in [0, 0.05) is 18.5 Å². The molecule has 1 aromatic carbocycles. The van der Waals surface area contributed by atoms with Gasteiger partial charge in [0.05, 0.1) is 17.8 Å². The molecule has 0 aliphatic rings. The number of benzene rings is 1. The zero-order valence-electron chi connectivity index (χ0n) is 11.8. The van der Waals surface area contributed by atoms with Gasteiger partial charge in [-0.1, -0.05) is 11.6 Å². The minimum atomic E-state index is -1.23. The number of carboxylic acid groups (broad SMARTS) is 1. The molecule has 3 N–H and O–H groups in total. The Labute approximate surface area is 134 Å². The minimum absolute atomic E-state index is 0.0645. The predicted molar refractivity (Wildman–Crippen MR) is 83.7 cm³/mol. The van der Waals surface area contributed by atoms with Crippen LogP contribution >= 0.6 is 11.6 Å². The molecule has 0 saturated carbocycles. The summed E-state index contributed by atoms with van der Waals surface area (Å²) in [6, 6.07) is 5.12. The second-order valence-electron chi connectivity index (χ2n) is 4.39. The number of hydrogen-bond donors (Lipinski definition) is 3. The first kappa shape index (κ1) is 14.9. The van der Waals surface area contributed by atoms with E-state index < -0.39 is 6.09 Å². The highest BCUT2D eigenvalue weighted by Crippen LogP contribution is 2.30. The molecule has 0 fully saturated rings. The maximum Gasteiger partial charge on any atom is 0.411 e. The Kier molecular flexibility index (Phi) is 3.85. The molecule has 3 rings (SSSR count). The van der Waals surface area contributed by atoms with E-state index in [0.717, 1.165) is 0 Å². The standard InChI is InChI=1S/C13H11ClN6O3/c1-23-7-2-3-8(14)9(6-7)16-10-11-18-19-12(17-13(21)22)20(11)5-4-15-10/h2-6H,1H3,(H,15,16)(H,17,19)(H,21,22). The number of fused-ring (bicyclic) bond motifs is 1. The maximum absolute atomic E-state index is 10.7. The number of ether oxygens (including phenoxy) is 1. The van der Waals surface area contributed by atoms with Crippen LogP contribution in [-0.4, -0.2) is 37.9 Å². The molecular formula is C13H11ClN6O3. The normalized spacial score (nSPS) is 10.5. The van der Waals surface area contributed by atoms with E-state index in [1.807, 2.05) is 0 Å². The lowest BCUT2D eigenvalue weighted by Gasteiger charge is -2.10. The number of amides is 1. The van der Waals surface area contributed by atoms with Crippen molar-refractivity contribution in [2.75, 3.05) is 17.7 Å². The fraction of sp³-hybridized carbons (Fsp3) is 0.0769. The Hall–Kier alpha value is -3.07. The van der Waals surface area contributed by atoms with Gasteiger partial charge in [0.1, 0.15) is 5.75 Å². The predicted octanol–water partition coefficient (Wildman–Crippen LogP) is 2.62.